The molecule has 2 amide bonds. The average Bonchev–Trinajstić information content (AvgIpc) is 3.20. The fraction of sp³-hybridized carbons (Fsp3) is 0.364. The van der Waals surface area contributed by atoms with Crippen molar-refractivity contribution in [2.24, 2.45) is 0 Å². The highest BCUT2D eigenvalue weighted by Crippen LogP contribution is 2.35. The largest absolute Gasteiger partial charge is 0.354 e. The summed E-state index contributed by atoms with van der Waals surface area (Å²) in [6.45, 7) is 0.357. The Kier molecular flexibility index (Phi) is 7.34. The van der Waals surface area contributed by atoms with Crippen LogP contribution >= 0.6 is 11.8 Å². The molecule has 2 aromatic rings. The van der Waals surface area contributed by atoms with Crippen LogP contribution in [0.4, 0.5) is 0 Å². The number of nitrogens with one attached hydrogen (secondary N) is 2. The Bertz CT molecular complexity index is 730. The van der Waals surface area contributed by atoms with E-state index in [1.54, 1.807) is 0 Å². The summed E-state index contributed by atoms with van der Waals surface area (Å²) in [5.74, 6) is -0.0436. The maximum Gasteiger partial charge on any atom is 0.238 e. The van der Waals surface area contributed by atoms with Crippen LogP contribution in [-0.4, -0.2) is 24.4 Å². The van der Waals surface area contributed by atoms with Crippen molar-refractivity contribution in [3.05, 3.63) is 66.2 Å². The topological polar surface area (TPSA) is 58.2 Å². The van der Waals surface area contributed by atoms with E-state index in [-0.39, 0.29) is 17.1 Å². The molecule has 1 saturated carbocycles. The van der Waals surface area contributed by atoms with Crippen LogP contribution in [0.3, 0.4) is 0 Å². The molecule has 0 bridgehead atoms. The molecule has 0 aliphatic heterocycles. The summed E-state index contributed by atoms with van der Waals surface area (Å²) in [6, 6.07) is 20.0. The summed E-state index contributed by atoms with van der Waals surface area (Å²) >= 11 is 1.52. The van der Waals surface area contributed by atoms with Crippen LogP contribution in [0.25, 0.3) is 0 Å². The predicted molar refractivity (Wildman–Crippen MR) is 110 cm³/mol. The van der Waals surface area contributed by atoms with E-state index in [1.165, 1.54) is 24.6 Å². The van der Waals surface area contributed by atoms with Gasteiger partial charge in [0.1, 0.15) is 5.25 Å². The first-order valence-corrected chi connectivity index (χ1v) is 10.4. The predicted octanol–water partition coefficient (Wildman–Crippen LogP) is 4.09. The lowest BCUT2D eigenvalue weighted by atomic mass is 10.1. The van der Waals surface area contributed by atoms with Crippen LogP contribution in [0.5, 0.6) is 0 Å². The number of rotatable bonds is 8. The van der Waals surface area contributed by atoms with Crippen molar-refractivity contribution in [1.29, 1.82) is 0 Å². The SMILES string of the molecule is O=C(CCNC(=O)C(Sc1ccccc1)c1ccccc1)NC1CCCC1. The van der Waals surface area contributed by atoms with E-state index >= 15 is 0 Å². The lowest BCUT2D eigenvalue weighted by Gasteiger charge is -2.17. The molecule has 2 aromatic carbocycles. The van der Waals surface area contributed by atoms with E-state index in [0.29, 0.717) is 19.0 Å². The van der Waals surface area contributed by atoms with Crippen molar-refractivity contribution < 1.29 is 9.59 Å². The standard InChI is InChI=1S/C22H26N2O2S/c25-20(24-18-11-7-8-12-18)15-16-23-22(26)21(17-9-3-1-4-10-17)27-19-13-5-2-6-14-19/h1-6,9-10,13-14,18,21H,7-8,11-12,15-16H2,(H,23,26)(H,24,25). The molecule has 2 N–H and O–H groups in total. The number of carbonyl (C=O) groups excluding carboxylic acids is 2. The number of amides is 2. The Morgan fingerprint density at radius 3 is 2.26 bits per heavy atom. The van der Waals surface area contributed by atoms with Gasteiger partial charge in [0, 0.05) is 23.9 Å². The molecular formula is C22H26N2O2S. The molecule has 0 spiro atoms. The highest BCUT2D eigenvalue weighted by atomic mass is 32.2. The van der Waals surface area contributed by atoms with Crippen molar-refractivity contribution in [2.45, 2.75) is 48.3 Å². The van der Waals surface area contributed by atoms with Gasteiger partial charge in [-0.1, -0.05) is 61.4 Å². The molecular weight excluding hydrogens is 356 g/mol. The third kappa shape index (κ3) is 6.14. The summed E-state index contributed by atoms with van der Waals surface area (Å²) in [5.41, 5.74) is 0.958. The van der Waals surface area contributed by atoms with E-state index in [0.717, 1.165) is 23.3 Å². The fourth-order valence-electron chi connectivity index (χ4n) is 3.30. The minimum atomic E-state index is -0.341. The number of hydrogen-bond donors (Lipinski definition) is 2. The van der Waals surface area contributed by atoms with Crippen molar-refractivity contribution in [2.75, 3.05) is 6.54 Å². The zero-order chi connectivity index (χ0) is 18.9. The summed E-state index contributed by atoms with van der Waals surface area (Å²) in [5, 5.41) is 5.65. The van der Waals surface area contributed by atoms with Gasteiger partial charge in [-0.2, -0.15) is 0 Å². The second-order valence-corrected chi connectivity index (χ2v) is 7.99. The highest BCUT2D eigenvalue weighted by Gasteiger charge is 2.22. The number of thioether (sulfide) groups is 1. The van der Waals surface area contributed by atoms with E-state index in [9.17, 15) is 9.59 Å². The Balaban J connectivity index is 1.55. The van der Waals surface area contributed by atoms with Crippen LogP contribution < -0.4 is 10.6 Å². The smallest absolute Gasteiger partial charge is 0.238 e. The van der Waals surface area contributed by atoms with Gasteiger partial charge in [-0.15, -0.1) is 11.8 Å². The first-order valence-electron chi connectivity index (χ1n) is 9.56. The molecule has 142 valence electrons. The molecule has 0 heterocycles. The van der Waals surface area contributed by atoms with E-state index in [1.807, 2.05) is 60.7 Å². The van der Waals surface area contributed by atoms with Crippen molar-refractivity contribution in [1.82, 2.24) is 10.6 Å². The van der Waals surface area contributed by atoms with E-state index in [4.69, 9.17) is 0 Å². The van der Waals surface area contributed by atoms with Gasteiger partial charge in [-0.3, -0.25) is 9.59 Å². The number of benzene rings is 2. The molecule has 3 rings (SSSR count). The molecule has 0 saturated heterocycles. The molecule has 1 fully saturated rings. The quantitative estimate of drug-likeness (QED) is 0.676. The van der Waals surface area contributed by atoms with Gasteiger partial charge in [0.2, 0.25) is 11.8 Å². The molecule has 5 heteroatoms. The molecule has 1 atom stereocenters. The Hall–Kier alpha value is -2.27. The van der Waals surface area contributed by atoms with Gasteiger partial charge in [-0.25, -0.2) is 0 Å². The van der Waals surface area contributed by atoms with Gasteiger partial charge in [0.15, 0.2) is 0 Å². The first-order chi connectivity index (χ1) is 13.2. The van der Waals surface area contributed by atoms with Crippen LogP contribution in [0.15, 0.2) is 65.6 Å². The first kappa shape index (κ1) is 19.5. The van der Waals surface area contributed by atoms with Crippen LogP contribution in [0.1, 0.15) is 42.9 Å². The Morgan fingerprint density at radius 2 is 1.59 bits per heavy atom. The molecule has 4 nitrogen and oxygen atoms in total. The van der Waals surface area contributed by atoms with Crippen molar-refractivity contribution in [3.8, 4) is 0 Å². The second kappa shape index (κ2) is 10.2. The van der Waals surface area contributed by atoms with Gasteiger partial charge in [0.25, 0.3) is 0 Å². The molecule has 27 heavy (non-hydrogen) atoms. The summed E-state index contributed by atoms with van der Waals surface area (Å²) < 4.78 is 0. The second-order valence-electron chi connectivity index (χ2n) is 6.81. The lowest BCUT2D eigenvalue weighted by Crippen LogP contribution is -2.36. The summed E-state index contributed by atoms with van der Waals surface area (Å²) in [7, 11) is 0. The third-order valence-corrected chi connectivity index (χ3v) is 5.98. The molecule has 0 radical (unpaired) electrons. The van der Waals surface area contributed by atoms with Crippen molar-refractivity contribution >= 4 is 23.6 Å². The normalized spacial score (nSPS) is 15.3. The van der Waals surface area contributed by atoms with Crippen LogP contribution in [0.2, 0.25) is 0 Å². The van der Waals surface area contributed by atoms with Crippen molar-refractivity contribution in [3.63, 3.8) is 0 Å². The Labute approximate surface area is 165 Å². The molecule has 0 aromatic heterocycles. The number of hydrogen-bond acceptors (Lipinski definition) is 3. The van der Waals surface area contributed by atoms with E-state index in [2.05, 4.69) is 10.6 Å². The minimum Gasteiger partial charge on any atom is -0.354 e. The monoisotopic (exact) mass is 382 g/mol. The summed E-state index contributed by atoms with van der Waals surface area (Å²) in [4.78, 5) is 25.9. The van der Waals surface area contributed by atoms with Gasteiger partial charge in [0.05, 0.1) is 0 Å². The lowest BCUT2D eigenvalue weighted by molar-refractivity contribution is -0.122. The van der Waals surface area contributed by atoms with Gasteiger partial charge >= 0.3 is 0 Å². The van der Waals surface area contributed by atoms with Crippen LogP contribution in [-0.2, 0) is 9.59 Å². The minimum absolute atomic E-state index is 0.0224. The van der Waals surface area contributed by atoms with Gasteiger partial charge < -0.3 is 10.6 Å². The van der Waals surface area contributed by atoms with E-state index < -0.39 is 0 Å². The molecule has 1 aliphatic carbocycles. The van der Waals surface area contributed by atoms with Gasteiger partial charge in [-0.05, 0) is 30.5 Å². The Morgan fingerprint density at radius 1 is 0.963 bits per heavy atom. The highest BCUT2D eigenvalue weighted by molar-refractivity contribution is 8.00. The maximum absolute atomic E-state index is 12.8. The van der Waals surface area contributed by atoms with Crippen LogP contribution in [0, 0.1) is 0 Å². The average molecular weight is 383 g/mol. The third-order valence-electron chi connectivity index (χ3n) is 4.71. The fourth-order valence-corrected chi connectivity index (χ4v) is 4.37. The number of carbonyl (C=O) groups is 2. The zero-order valence-corrected chi connectivity index (χ0v) is 16.2. The zero-order valence-electron chi connectivity index (χ0n) is 15.4. The molecule has 1 unspecified atom stereocenters. The molecule has 1 aliphatic rings. The maximum atomic E-state index is 12.8. The summed E-state index contributed by atoms with van der Waals surface area (Å²) in [6.07, 6.45) is 4.85.